The Morgan fingerprint density at radius 3 is 2.78 bits per heavy atom. The van der Waals surface area contributed by atoms with E-state index in [4.69, 9.17) is 0 Å². The number of rotatable bonds is 3. The molecule has 2 atom stereocenters. The van der Waals surface area contributed by atoms with Crippen LogP contribution in [0.3, 0.4) is 0 Å². The lowest BCUT2D eigenvalue weighted by Crippen LogP contribution is -2.22. The van der Waals surface area contributed by atoms with Gasteiger partial charge >= 0.3 is 0 Å². The fourth-order valence-corrected chi connectivity index (χ4v) is 3.62. The maximum Gasteiger partial charge on any atom is 0.165 e. The van der Waals surface area contributed by atoms with Crippen molar-refractivity contribution in [3.63, 3.8) is 0 Å². The maximum atomic E-state index is 12.5. The van der Waals surface area contributed by atoms with Gasteiger partial charge in [0.1, 0.15) is 0 Å². The second-order valence-corrected chi connectivity index (χ2v) is 6.43. The van der Waals surface area contributed by atoms with Crippen LogP contribution in [-0.4, -0.2) is 5.78 Å². The second kappa shape index (κ2) is 6.01. The Balaban J connectivity index is 2.15. The van der Waals surface area contributed by atoms with E-state index in [1.807, 2.05) is 25.1 Å². The van der Waals surface area contributed by atoms with Crippen LogP contribution < -0.4 is 0 Å². The minimum absolute atomic E-state index is 0.248. The molecule has 0 aliphatic heterocycles. The van der Waals surface area contributed by atoms with Crippen molar-refractivity contribution in [3.8, 4) is 0 Å². The molecule has 0 amide bonds. The molecule has 2 unspecified atom stereocenters. The van der Waals surface area contributed by atoms with Gasteiger partial charge in [0.15, 0.2) is 5.78 Å². The molecule has 0 saturated heterocycles. The molecule has 18 heavy (non-hydrogen) atoms. The normalized spacial score (nSPS) is 23.9. The second-order valence-electron chi connectivity index (χ2n) is 5.52. The van der Waals surface area contributed by atoms with Gasteiger partial charge in [-0.25, -0.2) is 0 Å². The van der Waals surface area contributed by atoms with E-state index in [9.17, 15) is 4.79 Å². The number of ketones is 1. The van der Waals surface area contributed by atoms with Gasteiger partial charge in [0.2, 0.25) is 0 Å². The number of hydrogen-bond acceptors (Lipinski definition) is 1. The van der Waals surface area contributed by atoms with Crippen molar-refractivity contribution in [2.75, 3.05) is 0 Å². The van der Waals surface area contributed by atoms with Crippen molar-refractivity contribution >= 4 is 21.7 Å². The Morgan fingerprint density at radius 1 is 1.33 bits per heavy atom. The predicted molar refractivity (Wildman–Crippen MR) is 78.9 cm³/mol. The van der Waals surface area contributed by atoms with Crippen molar-refractivity contribution in [2.24, 2.45) is 11.8 Å². The molecule has 1 aliphatic carbocycles. The van der Waals surface area contributed by atoms with E-state index in [1.165, 1.54) is 19.3 Å². The largest absolute Gasteiger partial charge is 0.294 e. The van der Waals surface area contributed by atoms with Gasteiger partial charge in [0.25, 0.3) is 0 Å². The number of halogens is 1. The van der Waals surface area contributed by atoms with Crippen LogP contribution in [0.2, 0.25) is 0 Å². The fourth-order valence-electron chi connectivity index (χ4n) is 3.01. The molecule has 0 N–H and O–H groups in total. The third kappa shape index (κ3) is 3.23. The van der Waals surface area contributed by atoms with Gasteiger partial charge in [-0.2, -0.15) is 0 Å². The SMILES string of the molecule is CCC1CCCC(C(=O)c2cc(C)cc(Br)c2)C1. The molecule has 0 radical (unpaired) electrons. The first-order valence-corrected chi connectivity index (χ1v) is 7.71. The molecule has 2 rings (SSSR count). The summed E-state index contributed by atoms with van der Waals surface area (Å²) >= 11 is 3.48. The van der Waals surface area contributed by atoms with Crippen LogP contribution >= 0.6 is 15.9 Å². The van der Waals surface area contributed by atoms with Crippen LogP contribution in [0, 0.1) is 18.8 Å². The van der Waals surface area contributed by atoms with Gasteiger partial charge in [0, 0.05) is 16.0 Å². The summed E-state index contributed by atoms with van der Waals surface area (Å²) in [6, 6.07) is 6.03. The molecule has 0 aromatic heterocycles. The zero-order chi connectivity index (χ0) is 13.1. The van der Waals surface area contributed by atoms with E-state index < -0.39 is 0 Å². The van der Waals surface area contributed by atoms with Crippen LogP contribution in [0.15, 0.2) is 22.7 Å². The van der Waals surface area contributed by atoms with Gasteiger partial charge in [-0.3, -0.25) is 4.79 Å². The van der Waals surface area contributed by atoms with Crippen LogP contribution in [0.5, 0.6) is 0 Å². The van der Waals surface area contributed by atoms with E-state index in [2.05, 4.69) is 22.9 Å². The fraction of sp³-hybridized carbons (Fsp3) is 0.562. The van der Waals surface area contributed by atoms with Crippen molar-refractivity contribution in [3.05, 3.63) is 33.8 Å². The first-order valence-electron chi connectivity index (χ1n) is 6.91. The topological polar surface area (TPSA) is 17.1 Å². The van der Waals surface area contributed by atoms with Crippen LogP contribution in [0.25, 0.3) is 0 Å². The molecule has 1 aromatic carbocycles. The maximum absolute atomic E-state index is 12.5. The molecular formula is C16H21BrO. The van der Waals surface area contributed by atoms with Gasteiger partial charge in [-0.05, 0) is 49.4 Å². The predicted octanol–water partition coefficient (Wildman–Crippen LogP) is 5.16. The lowest BCUT2D eigenvalue weighted by Gasteiger charge is -2.27. The first-order chi connectivity index (χ1) is 8.60. The zero-order valence-electron chi connectivity index (χ0n) is 11.2. The number of carbonyl (C=O) groups is 1. The molecule has 1 nitrogen and oxygen atoms in total. The van der Waals surface area contributed by atoms with Crippen molar-refractivity contribution < 1.29 is 4.79 Å². The average molecular weight is 309 g/mol. The number of benzene rings is 1. The van der Waals surface area contributed by atoms with Crippen molar-refractivity contribution in [2.45, 2.75) is 46.0 Å². The van der Waals surface area contributed by atoms with Crippen LogP contribution in [0.4, 0.5) is 0 Å². The Bertz CT molecular complexity index is 418. The molecule has 98 valence electrons. The third-order valence-electron chi connectivity index (χ3n) is 4.06. The standard InChI is InChI=1S/C16H21BrO/c1-3-12-5-4-6-13(9-12)16(18)14-7-11(2)8-15(17)10-14/h7-8,10,12-13H,3-6,9H2,1-2H3. The van der Waals surface area contributed by atoms with E-state index in [1.54, 1.807) is 0 Å². The molecule has 0 bridgehead atoms. The summed E-state index contributed by atoms with van der Waals surface area (Å²) in [4.78, 5) is 12.5. The molecule has 1 fully saturated rings. The molecule has 0 heterocycles. The van der Waals surface area contributed by atoms with E-state index in [0.717, 1.165) is 34.4 Å². The highest BCUT2D eigenvalue weighted by molar-refractivity contribution is 9.10. The average Bonchev–Trinajstić information content (AvgIpc) is 2.37. The molecule has 1 saturated carbocycles. The van der Waals surface area contributed by atoms with Crippen LogP contribution in [0.1, 0.15) is 54.9 Å². The van der Waals surface area contributed by atoms with E-state index >= 15 is 0 Å². The summed E-state index contributed by atoms with van der Waals surface area (Å²) < 4.78 is 1.01. The minimum atomic E-state index is 0.248. The zero-order valence-corrected chi connectivity index (χ0v) is 12.8. The third-order valence-corrected chi connectivity index (χ3v) is 4.52. The summed E-state index contributed by atoms with van der Waals surface area (Å²) in [5, 5.41) is 0. The van der Waals surface area contributed by atoms with Crippen LogP contribution in [-0.2, 0) is 0 Å². The molecular weight excluding hydrogens is 288 g/mol. The lowest BCUT2D eigenvalue weighted by molar-refractivity contribution is 0.0862. The Labute approximate surface area is 118 Å². The number of carbonyl (C=O) groups excluding carboxylic acids is 1. The van der Waals surface area contributed by atoms with Crippen molar-refractivity contribution in [1.82, 2.24) is 0 Å². The molecule has 1 aliphatic rings. The summed E-state index contributed by atoms with van der Waals surface area (Å²) in [7, 11) is 0. The minimum Gasteiger partial charge on any atom is -0.294 e. The molecule has 1 aromatic rings. The number of aryl methyl sites for hydroxylation is 1. The summed E-state index contributed by atoms with van der Waals surface area (Å²) in [5.41, 5.74) is 2.03. The van der Waals surface area contributed by atoms with Gasteiger partial charge in [-0.1, -0.05) is 42.1 Å². The Morgan fingerprint density at radius 2 is 2.11 bits per heavy atom. The summed E-state index contributed by atoms with van der Waals surface area (Å²) in [5.74, 6) is 1.34. The highest BCUT2D eigenvalue weighted by Gasteiger charge is 2.27. The summed E-state index contributed by atoms with van der Waals surface area (Å²) in [6.45, 7) is 4.28. The molecule has 2 heteroatoms. The Hall–Kier alpha value is -0.630. The van der Waals surface area contributed by atoms with Crippen molar-refractivity contribution in [1.29, 1.82) is 0 Å². The quantitative estimate of drug-likeness (QED) is 0.705. The van der Waals surface area contributed by atoms with E-state index in [-0.39, 0.29) is 5.92 Å². The summed E-state index contributed by atoms with van der Waals surface area (Å²) in [6.07, 6.45) is 5.88. The number of Topliss-reactive ketones (excluding diaryl/α,β-unsaturated/α-hetero) is 1. The van der Waals surface area contributed by atoms with Gasteiger partial charge in [0.05, 0.1) is 0 Å². The molecule has 0 spiro atoms. The first kappa shape index (κ1) is 13.8. The van der Waals surface area contributed by atoms with Gasteiger partial charge in [-0.15, -0.1) is 0 Å². The van der Waals surface area contributed by atoms with Gasteiger partial charge < -0.3 is 0 Å². The number of hydrogen-bond donors (Lipinski definition) is 0. The smallest absolute Gasteiger partial charge is 0.165 e. The lowest BCUT2D eigenvalue weighted by atomic mass is 9.77. The Kier molecular flexibility index (Phi) is 4.60. The van der Waals surface area contributed by atoms with E-state index in [0.29, 0.717) is 5.78 Å². The monoisotopic (exact) mass is 308 g/mol. The highest BCUT2D eigenvalue weighted by Crippen LogP contribution is 2.33. The highest BCUT2D eigenvalue weighted by atomic mass is 79.9.